The van der Waals surface area contributed by atoms with E-state index >= 15 is 0 Å². The number of ether oxygens (including phenoxy) is 3. The number of aromatic amines is 1. The molecule has 4 unspecified atom stereocenters. The summed E-state index contributed by atoms with van der Waals surface area (Å²) in [6.07, 6.45) is 5.11. The van der Waals surface area contributed by atoms with E-state index in [4.69, 9.17) is 14.2 Å². The van der Waals surface area contributed by atoms with Gasteiger partial charge < -0.3 is 19.3 Å². The van der Waals surface area contributed by atoms with E-state index in [9.17, 15) is 14.7 Å². The fourth-order valence-corrected chi connectivity index (χ4v) is 4.91. The fourth-order valence-electron chi connectivity index (χ4n) is 4.91. The SMILES string of the molecule is CCCC1(CO)OC(n2ccc(=O)[nH]c2=O)C2(C)OC3(CCCC3)OC12. The lowest BCUT2D eigenvalue weighted by molar-refractivity contribution is -0.252. The quantitative estimate of drug-likeness (QED) is 0.825. The molecule has 4 rings (SSSR count). The summed E-state index contributed by atoms with van der Waals surface area (Å²) in [5, 5.41) is 10.2. The van der Waals surface area contributed by atoms with Crippen LogP contribution in [0.25, 0.3) is 0 Å². The smallest absolute Gasteiger partial charge is 0.330 e. The number of nitrogens with one attached hydrogen (secondary N) is 1. The highest BCUT2D eigenvalue weighted by molar-refractivity contribution is 5.14. The number of aliphatic hydroxyl groups is 1. The zero-order valence-corrected chi connectivity index (χ0v) is 15.2. The van der Waals surface area contributed by atoms with Crippen LogP contribution in [-0.2, 0) is 14.2 Å². The van der Waals surface area contributed by atoms with Crippen molar-refractivity contribution < 1.29 is 19.3 Å². The molecular weight excluding hydrogens is 340 g/mol. The number of nitrogens with zero attached hydrogens (tertiary/aromatic N) is 1. The van der Waals surface area contributed by atoms with Gasteiger partial charge in [-0.25, -0.2) is 4.79 Å². The van der Waals surface area contributed by atoms with Crippen LogP contribution in [-0.4, -0.2) is 44.4 Å². The van der Waals surface area contributed by atoms with Crippen molar-refractivity contribution in [1.29, 1.82) is 0 Å². The molecule has 3 heterocycles. The summed E-state index contributed by atoms with van der Waals surface area (Å²) < 4.78 is 20.5. The second kappa shape index (κ2) is 6.02. The van der Waals surface area contributed by atoms with Gasteiger partial charge in [0.25, 0.3) is 5.56 Å². The summed E-state index contributed by atoms with van der Waals surface area (Å²) in [4.78, 5) is 26.1. The average molecular weight is 366 g/mol. The molecular formula is C18H26N2O6. The Morgan fingerprint density at radius 1 is 1.31 bits per heavy atom. The van der Waals surface area contributed by atoms with Crippen LogP contribution in [0.5, 0.6) is 0 Å². The molecule has 3 aliphatic rings. The molecule has 8 heteroatoms. The van der Waals surface area contributed by atoms with Crippen LogP contribution in [0.15, 0.2) is 21.9 Å². The van der Waals surface area contributed by atoms with Gasteiger partial charge in [0.2, 0.25) is 0 Å². The number of fused-ring (bicyclic) bond motifs is 1. The van der Waals surface area contributed by atoms with Crippen molar-refractivity contribution in [2.45, 2.75) is 81.7 Å². The van der Waals surface area contributed by atoms with Crippen molar-refractivity contribution >= 4 is 0 Å². The van der Waals surface area contributed by atoms with E-state index in [2.05, 4.69) is 4.98 Å². The third-order valence-corrected chi connectivity index (χ3v) is 5.98. The second-order valence-electron chi connectivity index (χ2n) is 7.86. The van der Waals surface area contributed by atoms with E-state index in [1.165, 1.54) is 16.8 Å². The summed E-state index contributed by atoms with van der Waals surface area (Å²) in [6.45, 7) is 3.66. The zero-order chi connectivity index (χ0) is 18.6. The summed E-state index contributed by atoms with van der Waals surface area (Å²) in [7, 11) is 0. The van der Waals surface area contributed by atoms with Crippen molar-refractivity contribution in [3.63, 3.8) is 0 Å². The maximum atomic E-state index is 12.4. The van der Waals surface area contributed by atoms with Crippen LogP contribution in [0.1, 0.15) is 58.6 Å². The first-order valence-electron chi connectivity index (χ1n) is 9.36. The Kier molecular flexibility index (Phi) is 4.15. The molecule has 8 nitrogen and oxygen atoms in total. The molecule has 2 aliphatic heterocycles. The highest BCUT2D eigenvalue weighted by Crippen LogP contribution is 2.59. The van der Waals surface area contributed by atoms with Crippen LogP contribution in [0, 0.1) is 0 Å². The third-order valence-electron chi connectivity index (χ3n) is 5.98. The minimum Gasteiger partial charge on any atom is -0.393 e. The van der Waals surface area contributed by atoms with Gasteiger partial charge in [-0.15, -0.1) is 0 Å². The molecule has 3 fully saturated rings. The van der Waals surface area contributed by atoms with E-state index in [1.807, 2.05) is 13.8 Å². The van der Waals surface area contributed by atoms with Gasteiger partial charge >= 0.3 is 5.69 Å². The predicted molar refractivity (Wildman–Crippen MR) is 91.7 cm³/mol. The van der Waals surface area contributed by atoms with Gasteiger partial charge in [0.05, 0.1) is 6.61 Å². The average Bonchev–Trinajstić information content (AvgIpc) is 3.23. The van der Waals surface area contributed by atoms with E-state index in [-0.39, 0.29) is 6.61 Å². The van der Waals surface area contributed by atoms with E-state index < -0.39 is 40.6 Å². The van der Waals surface area contributed by atoms with Crippen molar-refractivity contribution in [3.8, 4) is 0 Å². The number of hydrogen-bond acceptors (Lipinski definition) is 6. The Morgan fingerprint density at radius 2 is 2.04 bits per heavy atom. The van der Waals surface area contributed by atoms with Gasteiger partial charge in [-0.05, 0) is 26.2 Å². The summed E-state index contributed by atoms with van der Waals surface area (Å²) >= 11 is 0. The number of aliphatic hydroxyl groups excluding tert-OH is 1. The van der Waals surface area contributed by atoms with Crippen molar-refractivity contribution in [2.24, 2.45) is 0 Å². The van der Waals surface area contributed by atoms with Crippen molar-refractivity contribution in [3.05, 3.63) is 33.1 Å². The Morgan fingerprint density at radius 3 is 2.65 bits per heavy atom. The highest BCUT2D eigenvalue weighted by atomic mass is 16.8. The number of hydrogen-bond donors (Lipinski definition) is 2. The van der Waals surface area contributed by atoms with Gasteiger partial charge in [-0.2, -0.15) is 0 Å². The molecule has 26 heavy (non-hydrogen) atoms. The highest BCUT2D eigenvalue weighted by Gasteiger charge is 2.71. The molecule has 0 amide bonds. The van der Waals surface area contributed by atoms with Crippen molar-refractivity contribution in [2.75, 3.05) is 6.61 Å². The topological polar surface area (TPSA) is 103 Å². The maximum absolute atomic E-state index is 12.4. The van der Waals surface area contributed by atoms with Gasteiger partial charge in [0.1, 0.15) is 17.3 Å². The Bertz CT molecular complexity index is 797. The predicted octanol–water partition coefficient (Wildman–Crippen LogP) is 1.04. The molecule has 0 radical (unpaired) electrons. The minimum atomic E-state index is -0.949. The lowest BCUT2D eigenvalue weighted by Gasteiger charge is -2.34. The maximum Gasteiger partial charge on any atom is 0.330 e. The monoisotopic (exact) mass is 366 g/mol. The van der Waals surface area contributed by atoms with Gasteiger partial charge in [-0.3, -0.25) is 14.3 Å². The molecule has 0 bridgehead atoms. The van der Waals surface area contributed by atoms with Gasteiger partial charge in [-0.1, -0.05) is 13.3 Å². The first kappa shape index (κ1) is 17.9. The van der Waals surface area contributed by atoms with Gasteiger partial charge in [0.15, 0.2) is 12.0 Å². The lowest BCUT2D eigenvalue weighted by Crippen LogP contribution is -2.49. The molecule has 2 saturated heterocycles. The van der Waals surface area contributed by atoms with E-state index in [0.717, 1.165) is 32.1 Å². The van der Waals surface area contributed by atoms with Crippen LogP contribution >= 0.6 is 0 Å². The summed E-state index contributed by atoms with van der Waals surface area (Å²) in [5.41, 5.74) is -2.92. The first-order chi connectivity index (χ1) is 12.4. The molecule has 1 spiro atoms. The Labute approximate surface area is 151 Å². The van der Waals surface area contributed by atoms with Crippen LogP contribution in [0.3, 0.4) is 0 Å². The largest absolute Gasteiger partial charge is 0.393 e. The minimum absolute atomic E-state index is 0.227. The first-order valence-corrected chi connectivity index (χ1v) is 9.36. The molecule has 0 aromatic carbocycles. The fraction of sp³-hybridized carbons (Fsp3) is 0.778. The summed E-state index contributed by atoms with van der Waals surface area (Å²) in [6, 6.07) is 1.28. The third kappa shape index (κ3) is 2.43. The molecule has 1 saturated carbocycles. The van der Waals surface area contributed by atoms with E-state index in [1.54, 1.807) is 0 Å². The standard InChI is InChI=1S/C18H26N2O6/c1-3-7-17(11-21)13-16(2,26-18(24-13)8-4-5-9-18)14(25-17)20-10-6-12(22)19-15(20)23/h6,10,13-14,21H,3-5,7-9,11H2,1-2H3,(H,19,22,23). The lowest BCUT2D eigenvalue weighted by atomic mass is 9.85. The van der Waals surface area contributed by atoms with Gasteiger partial charge in [0, 0.05) is 25.1 Å². The molecule has 4 atom stereocenters. The number of aromatic nitrogens is 2. The molecule has 1 aromatic rings. The Balaban J connectivity index is 1.82. The van der Waals surface area contributed by atoms with Crippen LogP contribution in [0.4, 0.5) is 0 Å². The van der Waals surface area contributed by atoms with E-state index in [0.29, 0.717) is 6.42 Å². The summed E-state index contributed by atoms with van der Waals surface area (Å²) in [5.74, 6) is -0.679. The number of rotatable bonds is 4. The molecule has 144 valence electrons. The zero-order valence-electron chi connectivity index (χ0n) is 15.2. The number of H-pyrrole nitrogens is 1. The second-order valence-corrected chi connectivity index (χ2v) is 7.86. The molecule has 1 aliphatic carbocycles. The van der Waals surface area contributed by atoms with Crippen LogP contribution in [0.2, 0.25) is 0 Å². The molecule has 2 N–H and O–H groups in total. The Hall–Kier alpha value is -1.48. The van der Waals surface area contributed by atoms with Crippen LogP contribution < -0.4 is 11.2 Å². The van der Waals surface area contributed by atoms with Crippen molar-refractivity contribution in [1.82, 2.24) is 9.55 Å². The molecule has 1 aromatic heterocycles. The normalized spacial score (nSPS) is 38.1.